The predicted octanol–water partition coefficient (Wildman–Crippen LogP) is 3.61. The summed E-state index contributed by atoms with van der Waals surface area (Å²) < 4.78 is 1.80. The zero-order chi connectivity index (χ0) is 15.5. The third-order valence-electron chi connectivity index (χ3n) is 3.48. The molecule has 3 rings (SSSR count). The SMILES string of the molecule is C=CCSc1nc2c(c(=O)n1Cc1ccccc1)SC(C)C2. The average Bonchev–Trinajstić information content (AvgIpc) is 2.90. The Morgan fingerprint density at radius 1 is 1.45 bits per heavy atom. The Balaban J connectivity index is 2.04. The second-order valence-corrected chi connectivity index (χ2v) is 7.72. The molecule has 1 aliphatic rings. The van der Waals surface area contributed by atoms with Crippen LogP contribution in [0.15, 0.2) is 57.8 Å². The molecule has 2 heterocycles. The summed E-state index contributed by atoms with van der Waals surface area (Å²) in [4.78, 5) is 18.4. The van der Waals surface area contributed by atoms with Crippen LogP contribution in [-0.2, 0) is 13.0 Å². The van der Waals surface area contributed by atoms with Crippen molar-refractivity contribution < 1.29 is 0 Å². The Morgan fingerprint density at radius 3 is 2.95 bits per heavy atom. The molecule has 1 aromatic heterocycles. The van der Waals surface area contributed by atoms with Gasteiger partial charge in [0.15, 0.2) is 5.16 Å². The summed E-state index contributed by atoms with van der Waals surface area (Å²) in [6, 6.07) is 10.1. The zero-order valence-electron chi connectivity index (χ0n) is 12.5. The van der Waals surface area contributed by atoms with Crippen LogP contribution in [0.1, 0.15) is 18.2 Å². The monoisotopic (exact) mass is 330 g/mol. The quantitative estimate of drug-likeness (QED) is 0.477. The number of fused-ring (bicyclic) bond motifs is 1. The number of aromatic nitrogens is 2. The Morgan fingerprint density at radius 2 is 2.23 bits per heavy atom. The van der Waals surface area contributed by atoms with E-state index >= 15 is 0 Å². The lowest BCUT2D eigenvalue weighted by Gasteiger charge is -2.13. The Labute approximate surface area is 138 Å². The van der Waals surface area contributed by atoms with Gasteiger partial charge in [0.05, 0.1) is 17.1 Å². The van der Waals surface area contributed by atoms with Crippen molar-refractivity contribution in [3.05, 3.63) is 64.6 Å². The van der Waals surface area contributed by atoms with Gasteiger partial charge in [-0.25, -0.2) is 4.98 Å². The van der Waals surface area contributed by atoms with Crippen LogP contribution in [0, 0.1) is 0 Å². The highest BCUT2D eigenvalue weighted by molar-refractivity contribution is 8.00. The molecule has 0 N–H and O–H groups in total. The highest BCUT2D eigenvalue weighted by Gasteiger charge is 2.26. The molecule has 0 spiro atoms. The van der Waals surface area contributed by atoms with Gasteiger partial charge in [-0.15, -0.1) is 18.3 Å². The van der Waals surface area contributed by atoms with E-state index in [4.69, 9.17) is 4.98 Å². The van der Waals surface area contributed by atoms with Gasteiger partial charge in [-0.2, -0.15) is 0 Å². The largest absolute Gasteiger partial charge is 0.282 e. The fourth-order valence-electron chi connectivity index (χ4n) is 2.48. The highest BCUT2D eigenvalue weighted by Crippen LogP contribution is 2.34. The number of hydrogen-bond acceptors (Lipinski definition) is 4. The van der Waals surface area contributed by atoms with Crippen molar-refractivity contribution in [3.63, 3.8) is 0 Å². The molecule has 1 aliphatic heterocycles. The van der Waals surface area contributed by atoms with Gasteiger partial charge in [0.2, 0.25) is 0 Å². The summed E-state index contributed by atoms with van der Waals surface area (Å²) in [6.45, 7) is 6.46. The second-order valence-electron chi connectivity index (χ2n) is 5.28. The van der Waals surface area contributed by atoms with E-state index < -0.39 is 0 Å². The predicted molar refractivity (Wildman–Crippen MR) is 94.0 cm³/mol. The van der Waals surface area contributed by atoms with Crippen LogP contribution < -0.4 is 5.56 Å². The molecule has 0 aliphatic carbocycles. The smallest absolute Gasteiger partial charge is 0.268 e. The lowest BCUT2D eigenvalue weighted by Crippen LogP contribution is -2.25. The van der Waals surface area contributed by atoms with Crippen LogP contribution in [0.25, 0.3) is 0 Å². The molecule has 2 aromatic rings. The van der Waals surface area contributed by atoms with Crippen molar-refractivity contribution in [1.29, 1.82) is 0 Å². The fourth-order valence-corrected chi connectivity index (χ4v) is 4.35. The van der Waals surface area contributed by atoms with E-state index in [-0.39, 0.29) is 5.56 Å². The molecule has 0 saturated carbocycles. The van der Waals surface area contributed by atoms with Crippen LogP contribution in [0.2, 0.25) is 0 Å². The molecular formula is C17H18N2OS2. The number of nitrogens with zero attached hydrogens (tertiary/aromatic N) is 2. The van der Waals surface area contributed by atoms with Crippen LogP contribution >= 0.6 is 23.5 Å². The maximum Gasteiger partial charge on any atom is 0.268 e. The van der Waals surface area contributed by atoms with Gasteiger partial charge in [-0.1, -0.05) is 55.1 Å². The number of thioether (sulfide) groups is 2. The summed E-state index contributed by atoms with van der Waals surface area (Å²) in [7, 11) is 0. The van der Waals surface area contributed by atoms with Crippen molar-refractivity contribution in [2.75, 3.05) is 5.75 Å². The summed E-state index contributed by atoms with van der Waals surface area (Å²) in [6.07, 6.45) is 2.72. The molecule has 0 fully saturated rings. The standard InChI is InChI=1S/C17H18N2OS2/c1-3-9-21-17-18-14-10-12(2)22-15(14)16(20)19(17)11-13-7-5-4-6-8-13/h3-8,12H,1,9-11H2,2H3. The molecule has 0 amide bonds. The average molecular weight is 330 g/mol. The number of hydrogen-bond donors (Lipinski definition) is 0. The van der Waals surface area contributed by atoms with Crippen LogP contribution in [0.3, 0.4) is 0 Å². The van der Waals surface area contributed by atoms with Crippen molar-refractivity contribution in [3.8, 4) is 0 Å². The van der Waals surface area contributed by atoms with E-state index in [1.54, 1.807) is 28.1 Å². The summed E-state index contributed by atoms with van der Waals surface area (Å²) >= 11 is 3.22. The van der Waals surface area contributed by atoms with Gasteiger partial charge < -0.3 is 0 Å². The molecule has 5 heteroatoms. The summed E-state index contributed by atoms with van der Waals surface area (Å²) in [5, 5.41) is 1.22. The fraction of sp³-hybridized carbons (Fsp3) is 0.294. The third kappa shape index (κ3) is 3.15. The van der Waals surface area contributed by atoms with E-state index in [1.165, 1.54) is 0 Å². The molecule has 3 nitrogen and oxygen atoms in total. The first-order valence-electron chi connectivity index (χ1n) is 7.27. The molecule has 0 saturated heterocycles. The van der Waals surface area contributed by atoms with E-state index in [1.807, 2.05) is 36.4 Å². The molecule has 1 aromatic carbocycles. The van der Waals surface area contributed by atoms with Crippen molar-refractivity contribution in [2.24, 2.45) is 0 Å². The van der Waals surface area contributed by atoms with Gasteiger partial charge in [0.1, 0.15) is 0 Å². The van der Waals surface area contributed by atoms with Crippen molar-refractivity contribution >= 4 is 23.5 Å². The Bertz CT molecular complexity index is 740. The van der Waals surface area contributed by atoms with E-state index in [0.717, 1.165) is 33.5 Å². The molecular weight excluding hydrogens is 312 g/mol. The minimum absolute atomic E-state index is 0.0924. The maximum atomic E-state index is 12.9. The van der Waals surface area contributed by atoms with E-state index in [9.17, 15) is 4.79 Å². The minimum Gasteiger partial charge on any atom is -0.282 e. The summed E-state index contributed by atoms with van der Waals surface area (Å²) in [5.74, 6) is 0.753. The minimum atomic E-state index is 0.0924. The number of benzene rings is 1. The van der Waals surface area contributed by atoms with Crippen LogP contribution in [0.5, 0.6) is 0 Å². The van der Waals surface area contributed by atoms with Crippen LogP contribution in [0.4, 0.5) is 0 Å². The molecule has 0 bridgehead atoms. The van der Waals surface area contributed by atoms with E-state index in [0.29, 0.717) is 11.8 Å². The van der Waals surface area contributed by atoms with Gasteiger partial charge in [-0.05, 0) is 5.56 Å². The van der Waals surface area contributed by atoms with Crippen molar-refractivity contribution in [2.45, 2.75) is 35.2 Å². The third-order valence-corrected chi connectivity index (χ3v) is 5.66. The van der Waals surface area contributed by atoms with Gasteiger partial charge >= 0.3 is 0 Å². The zero-order valence-corrected chi connectivity index (χ0v) is 14.1. The summed E-state index contributed by atoms with van der Waals surface area (Å²) in [5.41, 5.74) is 2.16. The normalized spacial score (nSPS) is 16.5. The van der Waals surface area contributed by atoms with Gasteiger partial charge in [-0.3, -0.25) is 9.36 Å². The Kier molecular flexibility index (Phi) is 4.74. The lowest BCUT2D eigenvalue weighted by molar-refractivity contribution is 0.615. The maximum absolute atomic E-state index is 12.9. The van der Waals surface area contributed by atoms with E-state index in [2.05, 4.69) is 13.5 Å². The number of rotatable bonds is 5. The molecule has 1 unspecified atom stereocenters. The Hall–Kier alpha value is -1.46. The molecule has 22 heavy (non-hydrogen) atoms. The second kappa shape index (κ2) is 6.75. The first-order chi connectivity index (χ1) is 10.7. The van der Waals surface area contributed by atoms with Gasteiger partial charge in [0, 0.05) is 17.4 Å². The highest BCUT2D eigenvalue weighted by atomic mass is 32.2. The lowest BCUT2D eigenvalue weighted by atomic mass is 10.2. The molecule has 0 radical (unpaired) electrons. The molecule has 114 valence electrons. The first kappa shape index (κ1) is 15.4. The topological polar surface area (TPSA) is 34.9 Å². The molecule has 1 atom stereocenters. The van der Waals surface area contributed by atoms with Gasteiger partial charge in [0.25, 0.3) is 5.56 Å². The van der Waals surface area contributed by atoms with Crippen LogP contribution in [-0.4, -0.2) is 20.6 Å². The van der Waals surface area contributed by atoms with Crippen molar-refractivity contribution in [1.82, 2.24) is 9.55 Å². The first-order valence-corrected chi connectivity index (χ1v) is 9.13.